The molecule has 2 aliphatic rings. The highest BCUT2D eigenvalue weighted by molar-refractivity contribution is 7.14. The van der Waals surface area contributed by atoms with Crippen molar-refractivity contribution in [2.75, 3.05) is 11.9 Å². The Morgan fingerprint density at radius 3 is 2.39 bits per heavy atom. The number of benzene rings is 3. The number of hydrogen-bond acceptors (Lipinski definition) is 5. The smallest absolute Gasteiger partial charge is 0.261 e. The van der Waals surface area contributed by atoms with E-state index in [0.29, 0.717) is 16.3 Å². The standard InChI is InChI=1S/C29H25N3O3S/c33-26(31-29-30-25(17-36-29)20-14-13-18-7-1-2-8-19(18)15-20)22-10-4-3-9-21(22)16-32-27(34)23-11-5-6-12-24(23)28(32)35/h1-2,5-8,11-15,17,21-22H,3-4,9-10,16H2,(H,30,31,33). The second kappa shape index (κ2) is 9.32. The largest absolute Gasteiger partial charge is 0.302 e. The first kappa shape index (κ1) is 22.6. The minimum absolute atomic E-state index is 0.0686. The highest BCUT2D eigenvalue weighted by Gasteiger charge is 2.40. The normalized spacial score (nSPS) is 19.5. The second-order valence-corrected chi connectivity index (χ2v) is 10.4. The van der Waals surface area contributed by atoms with Crippen molar-refractivity contribution in [1.29, 1.82) is 0 Å². The zero-order valence-electron chi connectivity index (χ0n) is 19.6. The van der Waals surface area contributed by atoms with Crippen LogP contribution in [0.2, 0.25) is 0 Å². The molecule has 3 aromatic carbocycles. The third kappa shape index (κ3) is 4.09. The molecule has 1 saturated carbocycles. The highest BCUT2D eigenvalue weighted by atomic mass is 32.1. The van der Waals surface area contributed by atoms with E-state index in [-0.39, 0.29) is 36.1 Å². The van der Waals surface area contributed by atoms with Crippen molar-refractivity contribution in [3.05, 3.63) is 83.2 Å². The SMILES string of the molecule is O=C(Nc1nc(-c2ccc3ccccc3c2)cs1)C1CCCCC1CN1C(=O)c2ccccc2C1=O. The fourth-order valence-electron chi connectivity index (χ4n) is 5.42. The Morgan fingerprint density at radius 1 is 0.917 bits per heavy atom. The van der Waals surface area contributed by atoms with Crippen molar-refractivity contribution in [2.24, 2.45) is 11.8 Å². The summed E-state index contributed by atoms with van der Waals surface area (Å²) < 4.78 is 0. The first-order valence-electron chi connectivity index (χ1n) is 12.3. The van der Waals surface area contributed by atoms with E-state index in [4.69, 9.17) is 0 Å². The molecule has 0 bridgehead atoms. The van der Waals surface area contributed by atoms with Crippen LogP contribution in [0.4, 0.5) is 5.13 Å². The Balaban J connectivity index is 1.16. The molecule has 7 heteroatoms. The monoisotopic (exact) mass is 495 g/mol. The number of thiazole rings is 1. The molecule has 3 amide bonds. The third-order valence-corrected chi connectivity index (χ3v) is 8.08. The predicted molar refractivity (Wildman–Crippen MR) is 141 cm³/mol. The molecular formula is C29H25N3O3S. The number of carbonyl (C=O) groups is 3. The molecule has 6 nitrogen and oxygen atoms in total. The van der Waals surface area contributed by atoms with Gasteiger partial charge in [-0.25, -0.2) is 4.98 Å². The van der Waals surface area contributed by atoms with Crippen molar-refractivity contribution < 1.29 is 14.4 Å². The van der Waals surface area contributed by atoms with Gasteiger partial charge in [-0.1, -0.05) is 61.4 Å². The minimum atomic E-state index is -0.268. The maximum absolute atomic E-state index is 13.3. The summed E-state index contributed by atoms with van der Waals surface area (Å²) in [5.41, 5.74) is 2.73. The number of hydrogen-bond donors (Lipinski definition) is 1. The van der Waals surface area contributed by atoms with Crippen molar-refractivity contribution in [2.45, 2.75) is 25.7 Å². The average Bonchev–Trinajstić information content (AvgIpc) is 3.47. The quantitative estimate of drug-likeness (QED) is 0.344. The number of aromatic nitrogens is 1. The summed E-state index contributed by atoms with van der Waals surface area (Å²) in [5, 5.41) is 7.85. The van der Waals surface area contributed by atoms with E-state index in [1.165, 1.54) is 21.6 Å². The Bertz CT molecular complexity index is 1460. The van der Waals surface area contributed by atoms with Crippen molar-refractivity contribution in [3.8, 4) is 11.3 Å². The van der Waals surface area contributed by atoms with E-state index in [1.807, 2.05) is 23.6 Å². The molecule has 2 atom stereocenters. The molecule has 1 aromatic heterocycles. The molecule has 1 N–H and O–H groups in total. The summed E-state index contributed by atoms with van der Waals surface area (Å²) >= 11 is 1.41. The molecule has 180 valence electrons. The first-order valence-corrected chi connectivity index (χ1v) is 13.2. The molecule has 1 fully saturated rings. The van der Waals surface area contributed by atoms with Crippen LogP contribution < -0.4 is 5.32 Å². The van der Waals surface area contributed by atoms with Crippen LogP contribution in [0.15, 0.2) is 72.1 Å². The topological polar surface area (TPSA) is 79.4 Å². The van der Waals surface area contributed by atoms with Gasteiger partial charge < -0.3 is 5.32 Å². The fraction of sp³-hybridized carbons (Fsp3) is 0.241. The molecule has 0 radical (unpaired) electrons. The van der Waals surface area contributed by atoms with Gasteiger partial charge in [0.05, 0.1) is 16.8 Å². The van der Waals surface area contributed by atoms with Crippen molar-refractivity contribution >= 4 is 45.0 Å². The van der Waals surface area contributed by atoms with E-state index < -0.39 is 0 Å². The Hall–Kier alpha value is -3.84. The van der Waals surface area contributed by atoms with Gasteiger partial charge in [0.1, 0.15) is 0 Å². The summed E-state index contributed by atoms with van der Waals surface area (Å²) in [6.07, 6.45) is 3.49. The maximum atomic E-state index is 13.3. The van der Waals surface area contributed by atoms with E-state index in [2.05, 4.69) is 34.6 Å². The van der Waals surface area contributed by atoms with Gasteiger partial charge in [-0.15, -0.1) is 11.3 Å². The highest BCUT2D eigenvalue weighted by Crippen LogP contribution is 2.35. The number of imide groups is 1. The lowest BCUT2D eigenvalue weighted by Gasteiger charge is -2.32. The molecule has 0 spiro atoms. The van der Waals surface area contributed by atoms with Gasteiger partial charge in [0.15, 0.2) is 5.13 Å². The number of nitrogens with zero attached hydrogens (tertiary/aromatic N) is 2. The lowest BCUT2D eigenvalue weighted by Crippen LogP contribution is -2.41. The molecular weight excluding hydrogens is 470 g/mol. The summed E-state index contributed by atoms with van der Waals surface area (Å²) in [7, 11) is 0. The van der Waals surface area contributed by atoms with Crippen LogP contribution >= 0.6 is 11.3 Å². The number of nitrogens with one attached hydrogen (secondary N) is 1. The van der Waals surface area contributed by atoms with Gasteiger partial charge in [-0.2, -0.15) is 0 Å². The Labute approximate surface area is 213 Å². The van der Waals surface area contributed by atoms with Crippen LogP contribution in [0.5, 0.6) is 0 Å². The van der Waals surface area contributed by atoms with Crippen LogP contribution in [-0.4, -0.2) is 34.2 Å². The third-order valence-electron chi connectivity index (χ3n) is 7.32. The summed E-state index contributed by atoms with van der Waals surface area (Å²) in [5.74, 6) is -0.951. The average molecular weight is 496 g/mol. The first-order chi connectivity index (χ1) is 17.6. The van der Waals surface area contributed by atoms with Gasteiger partial charge in [0, 0.05) is 23.4 Å². The molecule has 4 aromatic rings. The molecule has 2 unspecified atom stereocenters. The predicted octanol–water partition coefficient (Wildman–Crippen LogP) is 6.00. The molecule has 0 saturated heterocycles. The van der Waals surface area contributed by atoms with Crippen molar-refractivity contribution in [3.63, 3.8) is 0 Å². The number of fused-ring (bicyclic) bond motifs is 2. The van der Waals surface area contributed by atoms with Crippen LogP contribution in [-0.2, 0) is 4.79 Å². The molecule has 1 aliphatic carbocycles. The molecule has 1 aliphatic heterocycles. The van der Waals surface area contributed by atoms with Crippen LogP contribution in [0.25, 0.3) is 22.0 Å². The van der Waals surface area contributed by atoms with Gasteiger partial charge in [0.2, 0.25) is 5.91 Å². The zero-order valence-corrected chi connectivity index (χ0v) is 20.5. The van der Waals surface area contributed by atoms with E-state index in [0.717, 1.165) is 42.3 Å². The number of rotatable bonds is 5. The summed E-state index contributed by atoms with van der Waals surface area (Å²) in [4.78, 5) is 45.0. The Morgan fingerprint density at radius 2 is 1.61 bits per heavy atom. The lowest BCUT2D eigenvalue weighted by molar-refractivity contribution is -0.122. The van der Waals surface area contributed by atoms with E-state index in [9.17, 15) is 14.4 Å². The summed E-state index contributed by atoms with van der Waals surface area (Å²) in [6, 6.07) is 21.3. The van der Waals surface area contributed by atoms with Gasteiger partial charge in [0.25, 0.3) is 11.8 Å². The number of carbonyl (C=O) groups excluding carboxylic acids is 3. The number of amides is 3. The van der Waals surface area contributed by atoms with Gasteiger partial charge in [-0.3, -0.25) is 19.3 Å². The molecule has 6 rings (SSSR count). The maximum Gasteiger partial charge on any atom is 0.261 e. The van der Waals surface area contributed by atoms with Gasteiger partial charge in [-0.05, 0) is 47.7 Å². The van der Waals surface area contributed by atoms with Crippen LogP contribution in [0, 0.1) is 11.8 Å². The second-order valence-electron chi connectivity index (χ2n) is 9.51. The lowest BCUT2D eigenvalue weighted by atomic mass is 9.78. The minimum Gasteiger partial charge on any atom is -0.302 e. The van der Waals surface area contributed by atoms with Gasteiger partial charge >= 0.3 is 0 Å². The van der Waals surface area contributed by atoms with Crippen molar-refractivity contribution in [1.82, 2.24) is 9.88 Å². The van der Waals surface area contributed by atoms with E-state index >= 15 is 0 Å². The zero-order chi connectivity index (χ0) is 24.6. The van der Waals surface area contributed by atoms with Crippen LogP contribution in [0.1, 0.15) is 46.4 Å². The fourth-order valence-corrected chi connectivity index (χ4v) is 6.14. The summed E-state index contributed by atoms with van der Waals surface area (Å²) in [6.45, 7) is 0.268. The number of anilines is 1. The Kier molecular flexibility index (Phi) is 5.85. The van der Waals surface area contributed by atoms with Crippen LogP contribution in [0.3, 0.4) is 0 Å². The molecule has 2 heterocycles. The van der Waals surface area contributed by atoms with E-state index in [1.54, 1.807) is 24.3 Å². The molecule has 36 heavy (non-hydrogen) atoms.